The second kappa shape index (κ2) is 9.95. The Bertz CT molecular complexity index is 1480. The topological polar surface area (TPSA) is 95.9 Å². The molecule has 0 unspecified atom stereocenters. The average Bonchev–Trinajstić information content (AvgIpc) is 3.57. The number of nitrogens with zero attached hydrogens (tertiary/aromatic N) is 4. The maximum absolute atomic E-state index is 14.7. The highest BCUT2D eigenvalue weighted by molar-refractivity contribution is 5.63. The van der Waals surface area contributed by atoms with Crippen molar-refractivity contribution < 1.29 is 23.0 Å². The van der Waals surface area contributed by atoms with Crippen LogP contribution in [0, 0.1) is 5.82 Å². The van der Waals surface area contributed by atoms with Gasteiger partial charge in [0.05, 0.1) is 45.6 Å². The van der Waals surface area contributed by atoms with Crippen LogP contribution in [0.1, 0.15) is 16.7 Å². The van der Waals surface area contributed by atoms with E-state index in [0.717, 1.165) is 16.7 Å². The molecule has 9 nitrogen and oxygen atoms in total. The summed E-state index contributed by atoms with van der Waals surface area (Å²) in [6.07, 6.45) is 5.57. The number of anilines is 1. The molecule has 184 valence electrons. The zero-order chi connectivity index (χ0) is 25.1. The summed E-state index contributed by atoms with van der Waals surface area (Å²) >= 11 is 0. The zero-order valence-electron chi connectivity index (χ0n) is 20.0. The summed E-state index contributed by atoms with van der Waals surface area (Å²) in [5.74, 6) is 1.83. The van der Waals surface area contributed by atoms with E-state index in [1.807, 2.05) is 18.2 Å². The molecule has 0 radical (unpaired) electrons. The molecule has 0 spiro atoms. The van der Waals surface area contributed by atoms with Crippen LogP contribution in [0.2, 0.25) is 0 Å². The number of furan rings is 1. The van der Waals surface area contributed by atoms with Crippen LogP contribution in [0.3, 0.4) is 0 Å². The molecule has 0 saturated heterocycles. The first-order valence-corrected chi connectivity index (χ1v) is 11.1. The van der Waals surface area contributed by atoms with E-state index in [0.29, 0.717) is 47.4 Å². The Morgan fingerprint density at radius 2 is 1.75 bits per heavy atom. The molecule has 0 aliphatic heterocycles. The summed E-state index contributed by atoms with van der Waals surface area (Å²) in [4.78, 5) is 9.27. The lowest BCUT2D eigenvalue weighted by Gasteiger charge is -2.15. The fourth-order valence-corrected chi connectivity index (χ4v) is 3.96. The summed E-state index contributed by atoms with van der Waals surface area (Å²) in [6, 6.07) is 12.0. The van der Waals surface area contributed by atoms with Crippen molar-refractivity contribution in [3.8, 4) is 28.6 Å². The zero-order valence-corrected chi connectivity index (χ0v) is 20.0. The van der Waals surface area contributed by atoms with Crippen molar-refractivity contribution in [2.75, 3.05) is 26.6 Å². The molecule has 5 rings (SSSR count). The van der Waals surface area contributed by atoms with Crippen molar-refractivity contribution in [2.45, 2.75) is 13.0 Å². The third-order valence-corrected chi connectivity index (χ3v) is 5.71. The highest BCUT2D eigenvalue weighted by atomic mass is 19.1. The van der Waals surface area contributed by atoms with E-state index in [2.05, 4.69) is 20.4 Å². The molecule has 2 aromatic carbocycles. The summed E-state index contributed by atoms with van der Waals surface area (Å²) in [7, 11) is 4.68. The van der Waals surface area contributed by atoms with E-state index >= 15 is 0 Å². The minimum absolute atomic E-state index is 0.252. The number of fused-ring (bicyclic) bond motifs is 1. The van der Waals surface area contributed by atoms with Gasteiger partial charge in [0, 0.05) is 18.5 Å². The minimum Gasteiger partial charge on any atom is -0.493 e. The van der Waals surface area contributed by atoms with E-state index in [1.165, 1.54) is 6.07 Å². The van der Waals surface area contributed by atoms with Gasteiger partial charge >= 0.3 is 0 Å². The third-order valence-electron chi connectivity index (χ3n) is 5.71. The molecule has 1 N–H and O–H groups in total. The number of benzene rings is 2. The smallest absolute Gasteiger partial charge is 0.228 e. The Balaban J connectivity index is 1.56. The number of nitrogens with one attached hydrogen (secondary N) is 1. The van der Waals surface area contributed by atoms with Gasteiger partial charge in [-0.15, -0.1) is 0 Å². The van der Waals surface area contributed by atoms with E-state index in [1.54, 1.807) is 62.8 Å². The van der Waals surface area contributed by atoms with Gasteiger partial charge in [0.15, 0.2) is 23.0 Å². The summed E-state index contributed by atoms with van der Waals surface area (Å²) in [6.45, 7) is 0.358. The van der Waals surface area contributed by atoms with Gasteiger partial charge in [-0.2, -0.15) is 14.6 Å². The Morgan fingerprint density at radius 1 is 0.972 bits per heavy atom. The van der Waals surface area contributed by atoms with Gasteiger partial charge in [-0.25, -0.2) is 9.37 Å². The van der Waals surface area contributed by atoms with Gasteiger partial charge in [0.1, 0.15) is 5.82 Å². The molecule has 3 aromatic heterocycles. The fraction of sp³-hybridized carbons (Fsp3) is 0.192. The van der Waals surface area contributed by atoms with Gasteiger partial charge in [-0.3, -0.25) is 0 Å². The van der Waals surface area contributed by atoms with Crippen LogP contribution in [0.5, 0.6) is 17.2 Å². The standard InChI is InChI=1S/C26H24FN5O4/c1-33-21-11-17(12-22(34-2)23(21)35-3)13-28-26-31-24(19-6-4-5-7-20(19)27)30-25-18(14-29-32(25)26)10-16-8-9-36-15-16/h4-9,11-12,14-15H,10,13H2,1-3H3,(H,28,30,31). The third kappa shape index (κ3) is 4.40. The van der Waals surface area contributed by atoms with Crippen molar-refractivity contribution >= 4 is 11.6 Å². The lowest BCUT2D eigenvalue weighted by Crippen LogP contribution is -2.10. The van der Waals surface area contributed by atoms with Crippen LogP contribution >= 0.6 is 0 Å². The molecular weight excluding hydrogens is 465 g/mol. The number of hydrogen-bond acceptors (Lipinski definition) is 8. The molecule has 3 heterocycles. The predicted molar refractivity (Wildman–Crippen MR) is 131 cm³/mol. The predicted octanol–water partition coefficient (Wildman–Crippen LogP) is 4.75. The number of hydrogen-bond donors (Lipinski definition) is 1. The van der Waals surface area contributed by atoms with Crippen LogP contribution in [0.15, 0.2) is 65.6 Å². The largest absolute Gasteiger partial charge is 0.493 e. The van der Waals surface area contributed by atoms with E-state index in [4.69, 9.17) is 18.6 Å². The normalized spacial score (nSPS) is 11.0. The molecule has 0 aliphatic rings. The maximum Gasteiger partial charge on any atom is 0.228 e. The molecule has 0 amide bonds. The van der Waals surface area contributed by atoms with Crippen LogP contribution in [0.4, 0.5) is 10.3 Å². The Kier molecular flexibility index (Phi) is 6.40. The van der Waals surface area contributed by atoms with Gasteiger partial charge in [0.25, 0.3) is 0 Å². The molecule has 10 heteroatoms. The molecule has 36 heavy (non-hydrogen) atoms. The van der Waals surface area contributed by atoms with Gasteiger partial charge < -0.3 is 23.9 Å². The van der Waals surface area contributed by atoms with Gasteiger partial charge in [-0.05, 0) is 41.5 Å². The number of aromatic nitrogens is 4. The molecule has 0 saturated carbocycles. The van der Waals surface area contributed by atoms with Crippen LogP contribution in [-0.4, -0.2) is 40.9 Å². The summed E-state index contributed by atoms with van der Waals surface area (Å²) < 4.78 is 37.8. The van der Waals surface area contributed by atoms with E-state index in [9.17, 15) is 4.39 Å². The van der Waals surface area contributed by atoms with Crippen LogP contribution in [0.25, 0.3) is 17.0 Å². The van der Waals surface area contributed by atoms with Gasteiger partial charge in [0.2, 0.25) is 11.7 Å². The quantitative estimate of drug-likeness (QED) is 0.317. The molecule has 0 bridgehead atoms. The number of ether oxygens (including phenoxy) is 3. The second-order valence-corrected chi connectivity index (χ2v) is 7.95. The van der Waals surface area contributed by atoms with E-state index in [-0.39, 0.29) is 5.82 Å². The second-order valence-electron chi connectivity index (χ2n) is 7.95. The summed E-state index contributed by atoms with van der Waals surface area (Å²) in [5.41, 5.74) is 3.55. The lowest BCUT2D eigenvalue weighted by atomic mass is 10.1. The molecule has 0 fully saturated rings. The lowest BCUT2D eigenvalue weighted by molar-refractivity contribution is 0.324. The maximum atomic E-state index is 14.7. The number of methoxy groups -OCH3 is 3. The molecular formula is C26H24FN5O4. The Labute approximate surface area is 206 Å². The molecule has 0 aliphatic carbocycles. The van der Waals surface area contributed by atoms with Crippen molar-refractivity contribution in [1.29, 1.82) is 0 Å². The van der Waals surface area contributed by atoms with Crippen molar-refractivity contribution in [2.24, 2.45) is 0 Å². The highest BCUT2D eigenvalue weighted by Gasteiger charge is 2.18. The van der Waals surface area contributed by atoms with Crippen molar-refractivity contribution in [1.82, 2.24) is 19.6 Å². The van der Waals surface area contributed by atoms with Crippen LogP contribution in [-0.2, 0) is 13.0 Å². The SMILES string of the molecule is COc1cc(CNc2nc(-c3ccccc3F)nc3c(Cc4ccoc4)cnn23)cc(OC)c1OC. The summed E-state index contributed by atoms with van der Waals surface area (Å²) in [5, 5.41) is 7.80. The van der Waals surface area contributed by atoms with Crippen molar-refractivity contribution in [3.63, 3.8) is 0 Å². The molecule has 5 aromatic rings. The van der Waals surface area contributed by atoms with Gasteiger partial charge in [-0.1, -0.05) is 12.1 Å². The first-order valence-electron chi connectivity index (χ1n) is 11.1. The van der Waals surface area contributed by atoms with Crippen LogP contribution < -0.4 is 19.5 Å². The average molecular weight is 490 g/mol. The first-order chi connectivity index (χ1) is 17.6. The Morgan fingerprint density at radius 3 is 2.42 bits per heavy atom. The highest BCUT2D eigenvalue weighted by Crippen LogP contribution is 2.38. The monoisotopic (exact) mass is 489 g/mol. The fourth-order valence-electron chi connectivity index (χ4n) is 3.96. The van der Waals surface area contributed by atoms with E-state index < -0.39 is 5.82 Å². The number of halogens is 1. The van der Waals surface area contributed by atoms with Crippen molar-refractivity contribution in [3.05, 3.63) is 83.7 Å². The first kappa shape index (κ1) is 23.2. The minimum atomic E-state index is -0.409. The number of rotatable bonds is 9. The molecule has 0 atom stereocenters. The Hall–Kier alpha value is -4.60.